The number of aromatic nitrogens is 2. The lowest BCUT2D eigenvalue weighted by molar-refractivity contribution is -0.117. The molecule has 0 aromatic carbocycles. The number of fused-ring (bicyclic) bond motifs is 1. The minimum atomic E-state index is -0.144. The molecule has 18 heavy (non-hydrogen) atoms. The topological polar surface area (TPSA) is 79.3 Å². The van der Waals surface area contributed by atoms with Crippen LogP contribution >= 0.6 is 0 Å². The molecule has 1 aromatic rings. The number of hydrogen-bond acceptors (Lipinski definition) is 5. The van der Waals surface area contributed by atoms with E-state index in [-0.39, 0.29) is 5.91 Å². The van der Waals surface area contributed by atoms with Crippen molar-refractivity contribution >= 4 is 17.9 Å². The number of carbonyl (C=O) groups is 1. The molecule has 1 saturated heterocycles. The molecule has 1 fully saturated rings. The number of rotatable bonds is 2. The monoisotopic (exact) mass is 245 g/mol. The minimum Gasteiger partial charge on any atom is -0.351 e. The van der Waals surface area contributed by atoms with Crippen molar-refractivity contribution in [2.45, 2.75) is 25.3 Å². The van der Waals surface area contributed by atoms with Crippen molar-refractivity contribution in [3.63, 3.8) is 0 Å². The van der Waals surface area contributed by atoms with Gasteiger partial charge in [-0.05, 0) is 25.9 Å². The van der Waals surface area contributed by atoms with Gasteiger partial charge >= 0.3 is 0 Å². The molecule has 2 N–H and O–H groups in total. The normalized spacial score (nSPS) is 19.7. The van der Waals surface area contributed by atoms with Gasteiger partial charge in [-0.2, -0.15) is 9.98 Å². The molecule has 0 unspecified atom stereocenters. The molecule has 0 aliphatic carbocycles. The maximum atomic E-state index is 11.2. The summed E-state index contributed by atoms with van der Waals surface area (Å²) in [5.74, 6) is 0.418. The van der Waals surface area contributed by atoms with E-state index in [0.717, 1.165) is 31.1 Å². The first kappa shape index (κ1) is 11.3. The van der Waals surface area contributed by atoms with Crippen LogP contribution in [0.15, 0.2) is 11.2 Å². The maximum Gasteiger partial charge on any atom is 0.251 e. The van der Waals surface area contributed by atoms with Crippen molar-refractivity contribution in [1.29, 1.82) is 0 Å². The number of carbonyl (C=O) groups excluding carboxylic acids is 1. The SMILES string of the molecule is O=C1CC=c2cnc(NC3CCNCC3)nc2=N1. The van der Waals surface area contributed by atoms with Crippen LogP contribution in [-0.2, 0) is 4.79 Å². The Morgan fingerprint density at radius 1 is 1.33 bits per heavy atom. The summed E-state index contributed by atoms with van der Waals surface area (Å²) in [6, 6.07) is 0.396. The number of anilines is 1. The lowest BCUT2D eigenvalue weighted by Crippen LogP contribution is -2.38. The van der Waals surface area contributed by atoms with Crippen LogP contribution in [0.5, 0.6) is 0 Å². The van der Waals surface area contributed by atoms with Gasteiger partial charge in [0.15, 0.2) is 5.49 Å². The lowest BCUT2D eigenvalue weighted by Gasteiger charge is -2.23. The lowest BCUT2D eigenvalue weighted by atomic mass is 10.1. The van der Waals surface area contributed by atoms with Gasteiger partial charge in [-0.1, -0.05) is 6.08 Å². The molecular formula is C12H15N5O. The highest BCUT2D eigenvalue weighted by Gasteiger charge is 2.14. The molecule has 0 bridgehead atoms. The molecule has 0 saturated carbocycles. The summed E-state index contributed by atoms with van der Waals surface area (Å²) < 4.78 is 0. The average Bonchev–Trinajstić information content (AvgIpc) is 2.39. The largest absolute Gasteiger partial charge is 0.351 e. The maximum absolute atomic E-state index is 11.2. The van der Waals surface area contributed by atoms with Gasteiger partial charge in [-0.15, -0.1) is 0 Å². The van der Waals surface area contributed by atoms with Crippen LogP contribution in [0.2, 0.25) is 0 Å². The summed E-state index contributed by atoms with van der Waals surface area (Å²) in [4.78, 5) is 23.7. The van der Waals surface area contributed by atoms with Crippen LogP contribution in [-0.4, -0.2) is 35.0 Å². The molecule has 94 valence electrons. The van der Waals surface area contributed by atoms with Gasteiger partial charge in [0.25, 0.3) is 5.91 Å². The molecule has 1 aromatic heterocycles. The molecule has 2 aliphatic heterocycles. The second-order valence-corrected chi connectivity index (χ2v) is 4.55. The van der Waals surface area contributed by atoms with E-state index in [1.165, 1.54) is 0 Å². The zero-order valence-corrected chi connectivity index (χ0v) is 10.0. The third kappa shape index (κ3) is 2.38. The summed E-state index contributed by atoms with van der Waals surface area (Å²) >= 11 is 0. The first-order chi connectivity index (χ1) is 8.81. The van der Waals surface area contributed by atoms with E-state index < -0.39 is 0 Å². The van der Waals surface area contributed by atoms with Crippen molar-refractivity contribution in [2.75, 3.05) is 18.4 Å². The third-order valence-electron chi connectivity index (χ3n) is 3.20. The van der Waals surface area contributed by atoms with Crippen LogP contribution < -0.4 is 21.3 Å². The van der Waals surface area contributed by atoms with Crippen LogP contribution in [0.3, 0.4) is 0 Å². The zero-order chi connectivity index (χ0) is 12.4. The molecule has 3 rings (SSSR count). The Hall–Kier alpha value is -1.82. The van der Waals surface area contributed by atoms with Gasteiger partial charge in [-0.25, -0.2) is 4.98 Å². The Balaban J connectivity index is 1.84. The molecular weight excluding hydrogens is 230 g/mol. The molecule has 1 amide bonds. The smallest absolute Gasteiger partial charge is 0.251 e. The van der Waals surface area contributed by atoms with E-state index in [0.29, 0.717) is 23.9 Å². The average molecular weight is 245 g/mol. The van der Waals surface area contributed by atoms with Crippen LogP contribution in [0.1, 0.15) is 19.3 Å². The molecule has 0 atom stereocenters. The number of piperidine rings is 1. The fourth-order valence-corrected chi connectivity index (χ4v) is 2.20. The predicted molar refractivity (Wildman–Crippen MR) is 66.4 cm³/mol. The number of amides is 1. The summed E-state index contributed by atoms with van der Waals surface area (Å²) in [5.41, 5.74) is 0.484. The van der Waals surface area contributed by atoms with E-state index in [9.17, 15) is 4.79 Å². The number of nitrogens with zero attached hydrogens (tertiary/aromatic N) is 3. The van der Waals surface area contributed by atoms with Crippen molar-refractivity contribution < 1.29 is 4.79 Å². The Labute approximate surface area is 104 Å². The number of hydrogen-bond donors (Lipinski definition) is 2. The Bertz CT molecular complexity index is 577. The van der Waals surface area contributed by atoms with E-state index in [1.54, 1.807) is 6.20 Å². The van der Waals surface area contributed by atoms with E-state index in [4.69, 9.17) is 0 Å². The highest BCUT2D eigenvalue weighted by atomic mass is 16.1. The molecule has 0 spiro atoms. The number of nitrogens with one attached hydrogen (secondary N) is 2. The first-order valence-corrected chi connectivity index (χ1v) is 6.23. The highest BCUT2D eigenvalue weighted by molar-refractivity contribution is 5.82. The third-order valence-corrected chi connectivity index (χ3v) is 3.20. The molecule has 6 heteroatoms. The molecule has 2 aliphatic rings. The van der Waals surface area contributed by atoms with Crippen molar-refractivity contribution in [3.8, 4) is 0 Å². The standard InChI is InChI=1S/C12H15N5O/c18-10-2-1-8-7-14-12(17-11(8)16-10)15-9-3-5-13-6-4-9/h1,7,9,13H,2-6H2,(H,15,16,17,18). The van der Waals surface area contributed by atoms with E-state index in [2.05, 4.69) is 25.6 Å². The summed E-state index contributed by atoms with van der Waals surface area (Å²) in [5, 5.41) is 7.44. The van der Waals surface area contributed by atoms with Gasteiger partial charge in [0.2, 0.25) is 5.95 Å². The molecule has 0 radical (unpaired) electrons. The predicted octanol–water partition coefficient (Wildman–Crippen LogP) is -1.03. The Morgan fingerprint density at radius 2 is 2.17 bits per heavy atom. The second-order valence-electron chi connectivity index (χ2n) is 4.55. The summed E-state index contributed by atoms with van der Waals surface area (Å²) in [6.45, 7) is 2.03. The highest BCUT2D eigenvalue weighted by Crippen LogP contribution is 2.07. The van der Waals surface area contributed by atoms with Crippen molar-refractivity contribution in [3.05, 3.63) is 16.9 Å². The van der Waals surface area contributed by atoms with Gasteiger partial charge in [0.1, 0.15) is 0 Å². The van der Waals surface area contributed by atoms with Gasteiger partial charge < -0.3 is 10.6 Å². The van der Waals surface area contributed by atoms with Gasteiger partial charge in [0, 0.05) is 23.9 Å². The second kappa shape index (κ2) is 4.81. The van der Waals surface area contributed by atoms with E-state index in [1.807, 2.05) is 6.08 Å². The summed E-state index contributed by atoms with van der Waals surface area (Å²) in [7, 11) is 0. The minimum absolute atomic E-state index is 0.144. The van der Waals surface area contributed by atoms with E-state index >= 15 is 0 Å². The van der Waals surface area contributed by atoms with Crippen LogP contribution in [0.4, 0.5) is 5.95 Å². The molecule has 3 heterocycles. The molecule has 6 nitrogen and oxygen atoms in total. The van der Waals surface area contributed by atoms with Gasteiger partial charge in [-0.3, -0.25) is 4.79 Å². The zero-order valence-electron chi connectivity index (χ0n) is 10.0. The van der Waals surface area contributed by atoms with Crippen LogP contribution in [0, 0.1) is 0 Å². The van der Waals surface area contributed by atoms with Gasteiger partial charge in [0.05, 0.1) is 0 Å². The summed E-state index contributed by atoms with van der Waals surface area (Å²) in [6.07, 6.45) is 6.00. The fourth-order valence-electron chi connectivity index (χ4n) is 2.20. The van der Waals surface area contributed by atoms with Crippen molar-refractivity contribution in [1.82, 2.24) is 15.3 Å². The quantitative estimate of drug-likeness (QED) is 0.696. The fraction of sp³-hybridized carbons (Fsp3) is 0.500. The Morgan fingerprint density at radius 3 is 3.00 bits per heavy atom. The van der Waals surface area contributed by atoms with Crippen molar-refractivity contribution in [2.24, 2.45) is 4.99 Å². The van der Waals surface area contributed by atoms with Crippen LogP contribution in [0.25, 0.3) is 6.08 Å². The Kier molecular flexibility index (Phi) is 3.02. The first-order valence-electron chi connectivity index (χ1n) is 6.23.